The molecule has 6 nitrogen and oxygen atoms in total. The van der Waals surface area contributed by atoms with E-state index in [-0.39, 0.29) is 18.5 Å². The molecule has 0 aliphatic heterocycles. The van der Waals surface area contributed by atoms with Gasteiger partial charge in [0.2, 0.25) is 5.91 Å². The quantitative estimate of drug-likeness (QED) is 0.0320. The number of aliphatic hydroxyl groups excluding tert-OH is 2. The van der Waals surface area contributed by atoms with Crippen molar-refractivity contribution in [1.82, 2.24) is 5.32 Å². The molecule has 0 rings (SSSR count). The number of aliphatic hydroxyl groups is 2. The molecule has 0 heterocycles. The molecule has 0 radical (unpaired) electrons. The van der Waals surface area contributed by atoms with E-state index in [0.717, 1.165) is 51.4 Å². The van der Waals surface area contributed by atoms with E-state index in [2.05, 4.69) is 55.6 Å². The van der Waals surface area contributed by atoms with Crippen molar-refractivity contribution in [1.29, 1.82) is 0 Å². The fourth-order valence-corrected chi connectivity index (χ4v) is 9.66. The summed E-state index contributed by atoms with van der Waals surface area (Å²) in [6, 6.07) is -0.628. The Morgan fingerprint density at radius 2 is 0.694 bits per heavy atom. The number of amides is 1. The number of hydrogen-bond donors (Lipinski definition) is 3. The van der Waals surface area contributed by atoms with E-state index in [1.165, 1.54) is 257 Å². The van der Waals surface area contributed by atoms with Crippen LogP contribution in [-0.4, -0.2) is 47.4 Å². The maximum Gasteiger partial charge on any atom is 0.305 e. The second-order valence-electron chi connectivity index (χ2n) is 21.7. The van der Waals surface area contributed by atoms with Crippen molar-refractivity contribution in [3.63, 3.8) is 0 Å². The smallest absolute Gasteiger partial charge is 0.305 e. The van der Waals surface area contributed by atoms with Crippen molar-refractivity contribution in [2.24, 2.45) is 0 Å². The summed E-state index contributed by atoms with van der Waals surface area (Å²) in [5.41, 5.74) is 0. The van der Waals surface area contributed by atoms with Crippen LogP contribution >= 0.6 is 0 Å². The summed E-state index contributed by atoms with van der Waals surface area (Å²) >= 11 is 0. The molecular weight excluding hydrogens is 887 g/mol. The minimum Gasteiger partial charge on any atom is -0.466 e. The molecule has 2 unspecified atom stereocenters. The predicted octanol–water partition coefficient (Wildman–Crippen LogP) is 20.1. The molecule has 0 aliphatic carbocycles. The Morgan fingerprint density at radius 3 is 1.10 bits per heavy atom. The van der Waals surface area contributed by atoms with Crippen LogP contribution in [-0.2, 0) is 14.3 Å². The topological polar surface area (TPSA) is 95.9 Å². The largest absolute Gasteiger partial charge is 0.466 e. The molecule has 0 fully saturated rings. The van der Waals surface area contributed by atoms with Crippen LogP contribution < -0.4 is 5.32 Å². The van der Waals surface area contributed by atoms with Gasteiger partial charge in [-0.2, -0.15) is 0 Å². The highest BCUT2D eigenvalue weighted by atomic mass is 16.5. The number of allylic oxidation sites excluding steroid dienone is 7. The van der Waals surface area contributed by atoms with Crippen LogP contribution in [0.15, 0.2) is 48.6 Å². The Morgan fingerprint density at radius 1 is 0.389 bits per heavy atom. The van der Waals surface area contributed by atoms with E-state index < -0.39 is 12.1 Å². The summed E-state index contributed by atoms with van der Waals surface area (Å²) in [5.74, 6) is -0.0619. The van der Waals surface area contributed by atoms with E-state index >= 15 is 0 Å². The molecule has 2 atom stereocenters. The second-order valence-corrected chi connectivity index (χ2v) is 21.7. The zero-order valence-corrected chi connectivity index (χ0v) is 48.2. The van der Waals surface area contributed by atoms with Gasteiger partial charge in [0.25, 0.3) is 0 Å². The van der Waals surface area contributed by atoms with Crippen LogP contribution in [0.4, 0.5) is 0 Å². The summed E-state index contributed by atoms with van der Waals surface area (Å²) < 4.78 is 5.50. The van der Waals surface area contributed by atoms with Crippen LogP contribution in [0.3, 0.4) is 0 Å². The molecule has 422 valence electrons. The van der Waals surface area contributed by atoms with Gasteiger partial charge in [0.1, 0.15) is 0 Å². The van der Waals surface area contributed by atoms with Gasteiger partial charge in [0.05, 0.1) is 25.4 Å². The van der Waals surface area contributed by atoms with Gasteiger partial charge in [-0.1, -0.05) is 281 Å². The van der Waals surface area contributed by atoms with Crippen LogP contribution in [0.25, 0.3) is 0 Å². The SMILES string of the molecule is CCCCC/C=C\C/C=C\CCCCCCCCCCCC(=O)OCCCCCCCCCCCCCC/C=C\CCCCCCCCCCCCC(=O)NC(CO)C(O)/C=C/CCCCCCCCCC. The van der Waals surface area contributed by atoms with Crippen molar-refractivity contribution in [2.75, 3.05) is 13.2 Å². The van der Waals surface area contributed by atoms with Gasteiger partial charge in [-0.15, -0.1) is 0 Å². The van der Waals surface area contributed by atoms with Crippen molar-refractivity contribution >= 4 is 11.9 Å². The minimum absolute atomic E-state index is 0.00980. The Balaban J connectivity index is 3.37. The van der Waals surface area contributed by atoms with Crippen molar-refractivity contribution in [2.45, 2.75) is 347 Å². The average molecular weight is 1010 g/mol. The second kappa shape index (κ2) is 61.4. The molecule has 3 N–H and O–H groups in total. The first kappa shape index (κ1) is 69.8. The Labute approximate surface area is 448 Å². The number of unbranched alkanes of at least 4 members (excludes halogenated alkanes) is 42. The van der Waals surface area contributed by atoms with Crippen LogP contribution in [0.2, 0.25) is 0 Å². The molecule has 0 aromatic rings. The average Bonchev–Trinajstić information content (AvgIpc) is 3.38. The van der Waals surface area contributed by atoms with Gasteiger partial charge >= 0.3 is 5.97 Å². The van der Waals surface area contributed by atoms with E-state index in [1.807, 2.05) is 6.08 Å². The molecule has 0 spiro atoms. The third kappa shape index (κ3) is 57.1. The fraction of sp³-hybridized carbons (Fsp3) is 0.848. The molecule has 0 saturated heterocycles. The molecular formula is C66H123NO5. The zero-order chi connectivity index (χ0) is 52.2. The lowest BCUT2D eigenvalue weighted by molar-refractivity contribution is -0.143. The first-order valence-corrected chi connectivity index (χ1v) is 31.9. The van der Waals surface area contributed by atoms with E-state index in [9.17, 15) is 19.8 Å². The lowest BCUT2D eigenvalue weighted by Gasteiger charge is -2.20. The zero-order valence-electron chi connectivity index (χ0n) is 48.2. The highest BCUT2D eigenvalue weighted by Gasteiger charge is 2.18. The number of rotatable bonds is 59. The molecule has 1 amide bonds. The number of nitrogens with one attached hydrogen (secondary N) is 1. The molecule has 0 aliphatic rings. The Hall–Kier alpha value is -2.18. The number of esters is 1. The highest BCUT2D eigenvalue weighted by molar-refractivity contribution is 5.76. The summed E-state index contributed by atoms with van der Waals surface area (Å²) in [4.78, 5) is 24.5. The van der Waals surface area contributed by atoms with E-state index in [1.54, 1.807) is 6.08 Å². The molecule has 0 bridgehead atoms. The van der Waals surface area contributed by atoms with Crippen molar-refractivity contribution < 1.29 is 24.5 Å². The Bertz CT molecular complexity index is 1210. The van der Waals surface area contributed by atoms with E-state index in [4.69, 9.17) is 4.74 Å². The molecule has 0 saturated carbocycles. The Kier molecular flexibility index (Phi) is 59.5. The normalized spacial score (nSPS) is 12.9. The van der Waals surface area contributed by atoms with Crippen molar-refractivity contribution in [3.8, 4) is 0 Å². The van der Waals surface area contributed by atoms with Gasteiger partial charge in [-0.3, -0.25) is 9.59 Å². The van der Waals surface area contributed by atoms with Gasteiger partial charge in [-0.05, 0) is 89.9 Å². The van der Waals surface area contributed by atoms with Gasteiger partial charge in [0, 0.05) is 12.8 Å². The standard InChI is InChI=1S/C66H123NO5/c1-3-5-7-9-11-13-15-16-17-18-27-31-34-37-40-44-48-52-56-60-66(71)72-61-57-53-49-45-41-38-35-32-29-26-24-22-20-19-21-23-25-28-30-33-36-39-43-47-51-55-59-65(70)67-63(62-68)64(69)58-54-50-46-42-14-12-10-8-6-4-2/h11,13,16-17,19,21,54,58,63-64,68-69H,3-10,12,14-15,18,20,22-53,55-57,59-62H2,1-2H3,(H,67,70)/b13-11-,17-16-,21-19-,58-54+. The van der Waals surface area contributed by atoms with Crippen LogP contribution in [0.5, 0.6) is 0 Å². The maximum atomic E-state index is 12.4. The van der Waals surface area contributed by atoms with Gasteiger partial charge < -0.3 is 20.3 Å². The highest BCUT2D eigenvalue weighted by Crippen LogP contribution is 2.17. The van der Waals surface area contributed by atoms with Crippen LogP contribution in [0, 0.1) is 0 Å². The van der Waals surface area contributed by atoms with Crippen LogP contribution in [0.1, 0.15) is 335 Å². The molecule has 0 aromatic carbocycles. The number of carbonyl (C=O) groups excluding carboxylic acids is 2. The van der Waals surface area contributed by atoms with Crippen molar-refractivity contribution in [3.05, 3.63) is 48.6 Å². The summed E-state index contributed by atoms with van der Waals surface area (Å²) in [6.45, 7) is 4.87. The third-order valence-corrected chi connectivity index (χ3v) is 14.6. The summed E-state index contributed by atoms with van der Waals surface area (Å²) in [6.07, 6.45) is 78.8. The monoisotopic (exact) mass is 1010 g/mol. The molecule has 72 heavy (non-hydrogen) atoms. The third-order valence-electron chi connectivity index (χ3n) is 14.6. The molecule has 0 aromatic heterocycles. The number of ether oxygens (including phenoxy) is 1. The first-order valence-electron chi connectivity index (χ1n) is 31.9. The lowest BCUT2D eigenvalue weighted by atomic mass is 10.0. The fourth-order valence-electron chi connectivity index (χ4n) is 9.66. The summed E-state index contributed by atoms with van der Waals surface area (Å²) in [7, 11) is 0. The first-order chi connectivity index (χ1) is 35.5. The predicted molar refractivity (Wildman–Crippen MR) is 315 cm³/mol. The van der Waals surface area contributed by atoms with Gasteiger partial charge in [0.15, 0.2) is 0 Å². The number of carbonyl (C=O) groups is 2. The minimum atomic E-state index is -0.844. The van der Waals surface area contributed by atoms with Gasteiger partial charge in [-0.25, -0.2) is 0 Å². The maximum absolute atomic E-state index is 12.4. The van der Waals surface area contributed by atoms with E-state index in [0.29, 0.717) is 19.4 Å². The molecule has 6 heteroatoms. The number of hydrogen-bond acceptors (Lipinski definition) is 5. The summed E-state index contributed by atoms with van der Waals surface area (Å²) in [5, 5.41) is 23.0. The lowest BCUT2D eigenvalue weighted by Crippen LogP contribution is -2.45.